The van der Waals surface area contributed by atoms with Crippen molar-refractivity contribution in [2.24, 2.45) is 0 Å². The van der Waals surface area contributed by atoms with Crippen LogP contribution >= 0.6 is 0 Å². The van der Waals surface area contributed by atoms with Gasteiger partial charge in [0.15, 0.2) is 0 Å². The van der Waals surface area contributed by atoms with Crippen LogP contribution in [0.3, 0.4) is 0 Å². The molecule has 2 aromatic rings. The van der Waals surface area contributed by atoms with E-state index < -0.39 is 0 Å². The molecule has 0 aromatic heterocycles. The monoisotopic (exact) mass is 284 g/mol. The van der Waals surface area contributed by atoms with Crippen LogP contribution in [-0.2, 0) is 10.8 Å². The van der Waals surface area contributed by atoms with Crippen molar-refractivity contribution in [1.29, 1.82) is 0 Å². The van der Waals surface area contributed by atoms with Crippen molar-refractivity contribution >= 4 is 12.2 Å². The van der Waals surface area contributed by atoms with Crippen LogP contribution in [0.2, 0.25) is 0 Å². The van der Waals surface area contributed by atoms with E-state index in [0.29, 0.717) is 10.8 Å². The smallest absolute Gasteiger partial charge is 0.0142 e. The van der Waals surface area contributed by atoms with E-state index in [2.05, 4.69) is 72.8 Å². The molecule has 0 radical (unpaired) electrons. The van der Waals surface area contributed by atoms with Gasteiger partial charge in [-0.1, -0.05) is 72.8 Å². The molecule has 0 aliphatic heterocycles. The highest BCUT2D eigenvalue weighted by atomic mass is 14.5. The third kappa shape index (κ3) is 1.53. The molecule has 108 valence electrons. The summed E-state index contributed by atoms with van der Waals surface area (Å²) in [6, 6.07) is 17.9. The van der Waals surface area contributed by atoms with E-state index in [0.717, 1.165) is 0 Å². The third-order valence-corrected chi connectivity index (χ3v) is 6.19. The molecule has 3 aliphatic carbocycles. The Labute approximate surface area is 132 Å². The van der Waals surface area contributed by atoms with Crippen LogP contribution in [0.25, 0.3) is 12.2 Å². The van der Waals surface area contributed by atoms with Crippen molar-refractivity contribution in [3.63, 3.8) is 0 Å². The van der Waals surface area contributed by atoms with E-state index in [1.807, 2.05) is 0 Å². The SMILES string of the molecule is C1=CC2(CCC3(C=Cc4ccccc43)CC2)c2ccccc21. The van der Waals surface area contributed by atoms with Gasteiger partial charge in [-0.25, -0.2) is 0 Å². The summed E-state index contributed by atoms with van der Waals surface area (Å²) in [4.78, 5) is 0. The Hall–Kier alpha value is -2.08. The Balaban J connectivity index is 1.51. The number of rotatable bonds is 0. The Morgan fingerprint density at radius 3 is 1.41 bits per heavy atom. The molecule has 22 heavy (non-hydrogen) atoms. The van der Waals surface area contributed by atoms with Gasteiger partial charge in [0.25, 0.3) is 0 Å². The predicted molar refractivity (Wildman–Crippen MR) is 92.8 cm³/mol. The molecular formula is C22H20. The number of benzene rings is 2. The zero-order valence-corrected chi connectivity index (χ0v) is 12.8. The van der Waals surface area contributed by atoms with Crippen LogP contribution in [0, 0.1) is 0 Å². The fourth-order valence-electron chi connectivity index (χ4n) is 4.88. The van der Waals surface area contributed by atoms with Gasteiger partial charge in [-0.05, 0) is 47.9 Å². The van der Waals surface area contributed by atoms with Crippen molar-refractivity contribution in [2.45, 2.75) is 36.5 Å². The molecule has 0 heteroatoms. The summed E-state index contributed by atoms with van der Waals surface area (Å²) in [6.45, 7) is 0. The molecule has 0 nitrogen and oxygen atoms in total. The molecule has 0 heterocycles. The highest BCUT2D eigenvalue weighted by Gasteiger charge is 2.45. The molecule has 1 fully saturated rings. The molecule has 3 aliphatic rings. The fourth-order valence-corrected chi connectivity index (χ4v) is 4.88. The van der Waals surface area contributed by atoms with Crippen molar-refractivity contribution in [3.05, 3.63) is 82.9 Å². The summed E-state index contributed by atoms with van der Waals surface area (Å²) >= 11 is 0. The van der Waals surface area contributed by atoms with E-state index in [-0.39, 0.29) is 0 Å². The van der Waals surface area contributed by atoms with Crippen LogP contribution in [0.4, 0.5) is 0 Å². The normalized spacial score (nSPS) is 30.9. The minimum Gasteiger partial charge on any atom is -0.0733 e. The van der Waals surface area contributed by atoms with Crippen LogP contribution in [0.1, 0.15) is 47.9 Å². The number of allylic oxidation sites excluding steroid dienone is 2. The Kier molecular flexibility index (Phi) is 2.39. The second-order valence-electron chi connectivity index (χ2n) is 7.15. The van der Waals surface area contributed by atoms with Gasteiger partial charge in [0.05, 0.1) is 0 Å². The molecule has 1 saturated carbocycles. The highest BCUT2D eigenvalue weighted by molar-refractivity contribution is 5.68. The maximum atomic E-state index is 2.48. The number of hydrogen-bond acceptors (Lipinski definition) is 0. The molecule has 5 rings (SSSR count). The van der Waals surface area contributed by atoms with Crippen molar-refractivity contribution in [2.75, 3.05) is 0 Å². The lowest BCUT2D eigenvalue weighted by atomic mass is 9.60. The molecule has 0 atom stereocenters. The molecule has 0 amide bonds. The van der Waals surface area contributed by atoms with E-state index >= 15 is 0 Å². The van der Waals surface area contributed by atoms with E-state index in [1.165, 1.54) is 36.8 Å². The number of fused-ring (bicyclic) bond motifs is 4. The average molecular weight is 284 g/mol. The summed E-state index contributed by atoms with van der Waals surface area (Å²) in [7, 11) is 0. The lowest BCUT2D eigenvalue weighted by Crippen LogP contribution is -2.36. The van der Waals surface area contributed by atoms with Gasteiger partial charge in [0.1, 0.15) is 0 Å². The highest BCUT2D eigenvalue weighted by Crippen LogP contribution is 2.54. The number of hydrogen-bond donors (Lipinski definition) is 0. The van der Waals surface area contributed by atoms with Gasteiger partial charge >= 0.3 is 0 Å². The quantitative estimate of drug-likeness (QED) is 0.600. The Bertz CT molecular complexity index is 729. The average Bonchev–Trinajstić information content (AvgIpc) is 3.12. The maximum absolute atomic E-state index is 2.48. The zero-order valence-electron chi connectivity index (χ0n) is 12.8. The van der Waals surface area contributed by atoms with Gasteiger partial charge in [0.2, 0.25) is 0 Å². The lowest BCUT2D eigenvalue weighted by Gasteiger charge is -2.43. The van der Waals surface area contributed by atoms with Gasteiger partial charge in [-0.2, -0.15) is 0 Å². The topological polar surface area (TPSA) is 0 Å². The molecule has 0 unspecified atom stereocenters. The minimum absolute atomic E-state index is 0.299. The van der Waals surface area contributed by atoms with Crippen LogP contribution in [0.5, 0.6) is 0 Å². The first-order valence-corrected chi connectivity index (χ1v) is 8.39. The summed E-state index contributed by atoms with van der Waals surface area (Å²) < 4.78 is 0. The third-order valence-electron chi connectivity index (χ3n) is 6.19. The van der Waals surface area contributed by atoms with Crippen LogP contribution in [0.15, 0.2) is 60.7 Å². The second kappa shape index (κ2) is 4.23. The Morgan fingerprint density at radius 1 is 0.545 bits per heavy atom. The Morgan fingerprint density at radius 2 is 0.955 bits per heavy atom. The second-order valence-corrected chi connectivity index (χ2v) is 7.15. The molecule has 2 aromatic carbocycles. The van der Waals surface area contributed by atoms with E-state index in [9.17, 15) is 0 Å². The lowest BCUT2D eigenvalue weighted by molar-refractivity contribution is 0.276. The molecule has 0 bridgehead atoms. The van der Waals surface area contributed by atoms with E-state index in [1.54, 1.807) is 11.1 Å². The van der Waals surface area contributed by atoms with Gasteiger partial charge < -0.3 is 0 Å². The largest absolute Gasteiger partial charge is 0.0733 e. The summed E-state index contributed by atoms with van der Waals surface area (Å²) in [5, 5.41) is 0. The van der Waals surface area contributed by atoms with Gasteiger partial charge in [0, 0.05) is 10.8 Å². The van der Waals surface area contributed by atoms with Crippen LogP contribution < -0.4 is 0 Å². The van der Waals surface area contributed by atoms with E-state index in [4.69, 9.17) is 0 Å². The summed E-state index contributed by atoms with van der Waals surface area (Å²) in [6.07, 6.45) is 14.7. The first kappa shape index (κ1) is 12.5. The zero-order chi connectivity index (χ0) is 14.6. The summed E-state index contributed by atoms with van der Waals surface area (Å²) in [5.74, 6) is 0. The first-order valence-electron chi connectivity index (χ1n) is 8.39. The molecule has 0 N–H and O–H groups in total. The van der Waals surface area contributed by atoms with Gasteiger partial charge in [-0.3, -0.25) is 0 Å². The fraction of sp³-hybridized carbons (Fsp3) is 0.273. The maximum Gasteiger partial charge on any atom is 0.0142 e. The summed E-state index contributed by atoms with van der Waals surface area (Å²) in [5.41, 5.74) is 6.57. The van der Waals surface area contributed by atoms with Crippen molar-refractivity contribution in [3.8, 4) is 0 Å². The predicted octanol–water partition coefficient (Wildman–Crippen LogP) is 5.49. The standard InChI is InChI=1S/C22H20/c1-3-7-19-17(5-1)9-11-21(19)13-15-22(16-14-21)12-10-18-6-2-4-8-20(18)22/h1-12H,13-16H2. The van der Waals surface area contributed by atoms with Gasteiger partial charge in [-0.15, -0.1) is 0 Å². The minimum atomic E-state index is 0.299. The van der Waals surface area contributed by atoms with Crippen molar-refractivity contribution in [1.82, 2.24) is 0 Å². The molecular weight excluding hydrogens is 264 g/mol. The van der Waals surface area contributed by atoms with Crippen molar-refractivity contribution < 1.29 is 0 Å². The molecule has 0 saturated heterocycles. The first-order chi connectivity index (χ1) is 10.8. The van der Waals surface area contributed by atoms with Crippen LogP contribution in [-0.4, -0.2) is 0 Å². The molecule has 2 spiro atoms.